The number of aliphatic hydroxyl groups is 1. The van der Waals surface area contributed by atoms with Gasteiger partial charge in [0, 0.05) is 0 Å². The molecule has 0 aromatic rings. The van der Waals surface area contributed by atoms with E-state index in [9.17, 15) is 10.4 Å². The lowest BCUT2D eigenvalue weighted by molar-refractivity contribution is -0.0387. The maximum Gasteiger partial charge on any atom is 0.0860 e. The van der Waals surface area contributed by atoms with Gasteiger partial charge in [-0.2, -0.15) is 5.26 Å². The number of fused-ring (bicyclic) bond motifs is 1. The summed E-state index contributed by atoms with van der Waals surface area (Å²) in [4.78, 5) is 0. The number of rotatable bonds is 0. The largest absolute Gasteiger partial charge is 0.391 e. The highest BCUT2D eigenvalue weighted by Gasteiger charge is 2.48. The van der Waals surface area contributed by atoms with Gasteiger partial charge in [0.2, 0.25) is 0 Å². The molecule has 1 unspecified atom stereocenters. The van der Waals surface area contributed by atoms with E-state index in [2.05, 4.69) is 6.07 Å². The van der Waals surface area contributed by atoms with Gasteiger partial charge in [0.05, 0.1) is 17.6 Å². The van der Waals surface area contributed by atoms with Gasteiger partial charge in [0.25, 0.3) is 0 Å². The summed E-state index contributed by atoms with van der Waals surface area (Å²) in [6.07, 6.45) is 7.21. The van der Waals surface area contributed by atoms with Crippen molar-refractivity contribution in [2.24, 2.45) is 11.3 Å². The fourth-order valence-electron chi connectivity index (χ4n) is 3.15. The van der Waals surface area contributed by atoms with Crippen LogP contribution in [0.4, 0.5) is 0 Å². The summed E-state index contributed by atoms with van der Waals surface area (Å²) in [5.74, 6) is 0.481. The quantitative estimate of drug-likeness (QED) is 0.619. The van der Waals surface area contributed by atoms with Crippen molar-refractivity contribution in [2.75, 3.05) is 0 Å². The van der Waals surface area contributed by atoms with E-state index in [0.717, 1.165) is 38.5 Å². The van der Waals surface area contributed by atoms with Crippen LogP contribution in [0.5, 0.6) is 0 Å². The van der Waals surface area contributed by atoms with E-state index >= 15 is 0 Å². The van der Waals surface area contributed by atoms with Crippen molar-refractivity contribution in [3.05, 3.63) is 0 Å². The molecule has 2 nitrogen and oxygen atoms in total. The average molecular weight is 179 g/mol. The number of hydrogen-bond acceptors (Lipinski definition) is 2. The van der Waals surface area contributed by atoms with Crippen molar-refractivity contribution in [3.8, 4) is 6.07 Å². The Morgan fingerprint density at radius 2 is 1.92 bits per heavy atom. The van der Waals surface area contributed by atoms with Crippen LogP contribution in [0.1, 0.15) is 44.9 Å². The molecule has 0 spiro atoms. The first-order valence-corrected chi connectivity index (χ1v) is 5.39. The molecule has 0 amide bonds. The van der Waals surface area contributed by atoms with Crippen LogP contribution in [0.2, 0.25) is 0 Å². The number of nitrogens with zero attached hydrogens (tertiary/aromatic N) is 1. The molecule has 2 saturated carbocycles. The molecular formula is C11H17NO. The Labute approximate surface area is 79.6 Å². The molecular weight excluding hydrogens is 162 g/mol. The highest BCUT2D eigenvalue weighted by atomic mass is 16.3. The van der Waals surface area contributed by atoms with E-state index in [0.29, 0.717) is 5.92 Å². The van der Waals surface area contributed by atoms with Crippen LogP contribution < -0.4 is 0 Å². The molecule has 2 fully saturated rings. The molecule has 0 bridgehead atoms. The fourth-order valence-corrected chi connectivity index (χ4v) is 3.15. The Morgan fingerprint density at radius 1 is 1.15 bits per heavy atom. The van der Waals surface area contributed by atoms with Gasteiger partial charge >= 0.3 is 0 Å². The SMILES string of the molecule is N#C[C@@]12CCCCC1CCC[C@H]2O. The van der Waals surface area contributed by atoms with Crippen molar-refractivity contribution >= 4 is 0 Å². The van der Waals surface area contributed by atoms with Gasteiger partial charge in [-0.3, -0.25) is 0 Å². The third-order valence-corrected chi connectivity index (χ3v) is 3.95. The van der Waals surface area contributed by atoms with Crippen LogP contribution in [-0.2, 0) is 0 Å². The highest BCUT2D eigenvalue weighted by Crippen LogP contribution is 2.49. The molecule has 0 aromatic carbocycles. The first kappa shape index (κ1) is 9.02. The Morgan fingerprint density at radius 3 is 2.62 bits per heavy atom. The van der Waals surface area contributed by atoms with Crippen molar-refractivity contribution in [1.82, 2.24) is 0 Å². The Balaban J connectivity index is 2.25. The number of aliphatic hydroxyl groups excluding tert-OH is 1. The predicted octanol–water partition coefficient (Wildman–Crippen LogP) is 2.23. The molecule has 0 saturated heterocycles. The Kier molecular flexibility index (Phi) is 2.29. The maximum absolute atomic E-state index is 9.93. The smallest absolute Gasteiger partial charge is 0.0860 e. The van der Waals surface area contributed by atoms with Gasteiger partial charge in [-0.05, 0) is 31.6 Å². The fraction of sp³-hybridized carbons (Fsp3) is 0.909. The van der Waals surface area contributed by atoms with Crippen LogP contribution >= 0.6 is 0 Å². The minimum atomic E-state index is -0.365. The number of nitriles is 1. The lowest BCUT2D eigenvalue weighted by Gasteiger charge is -2.45. The van der Waals surface area contributed by atoms with Gasteiger partial charge in [0.1, 0.15) is 0 Å². The molecule has 0 aromatic heterocycles. The van der Waals surface area contributed by atoms with Crippen molar-refractivity contribution < 1.29 is 5.11 Å². The standard InChI is InChI=1S/C11H17NO/c12-8-11-7-2-1-4-9(11)5-3-6-10(11)13/h9-10,13H,1-7H2/t9?,10-,11+/m1/s1. The van der Waals surface area contributed by atoms with E-state index in [4.69, 9.17) is 0 Å². The average Bonchev–Trinajstić information content (AvgIpc) is 2.19. The summed E-state index contributed by atoms with van der Waals surface area (Å²) in [7, 11) is 0. The minimum absolute atomic E-state index is 0.350. The van der Waals surface area contributed by atoms with Gasteiger partial charge in [-0.1, -0.05) is 19.3 Å². The molecule has 13 heavy (non-hydrogen) atoms. The van der Waals surface area contributed by atoms with Gasteiger partial charge in [-0.25, -0.2) is 0 Å². The molecule has 2 heteroatoms. The van der Waals surface area contributed by atoms with Crippen LogP contribution in [-0.4, -0.2) is 11.2 Å². The van der Waals surface area contributed by atoms with Crippen LogP contribution in [0.3, 0.4) is 0 Å². The minimum Gasteiger partial charge on any atom is -0.391 e. The lowest BCUT2D eigenvalue weighted by atomic mass is 9.59. The second kappa shape index (κ2) is 3.31. The van der Waals surface area contributed by atoms with Gasteiger partial charge < -0.3 is 5.11 Å². The molecule has 1 N–H and O–H groups in total. The normalized spacial score (nSPS) is 44.9. The van der Waals surface area contributed by atoms with E-state index < -0.39 is 0 Å². The van der Waals surface area contributed by atoms with E-state index in [1.165, 1.54) is 6.42 Å². The molecule has 0 aliphatic heterocycles. The molecule has 3 atom stereocenters. The van der Waals surface area contributed by atoms with Crippen molar-refractivity contribution in [3.63, 3.8) is 0 Å². The zero-order valence-electron chi connectivity index (χ0n) is 8.00. The molecule has 0 radical (unpaired) electrons. The van der Waals surface area contributed by atoms with Crippen molar-refractivity contribution in [2.45, 2.75) is 51.0 Å². The van der Waals surface area contributed by atoms with Gasteiger partial charge in [-0.15, -0.1) is 0 Å². The summed E-state index contributed by atoms with van der Waals surface area (Å²) in [6, 6.07) is 2.42. The summed E-state index contributed by atoms with van der Waals surface area (Å²) in [5, 5.41) is 19.2. The molecule has 2 rings (SSSR count). The zero-order chi connectivity index (χ0) is 9.31. The predicted molar refractivity (Wildman–Crippen MR) is 49.9 cm³/mol. The monoisotopic (exact) mass is 179 g/mol. The summed E-state index contributed by atoms with van der Waals surface area (Å²) in [5.41, 5.74) is -0.365. The molecule has 72 valence electrons. The summed E-state index contributed by atoms with van der Waals surface area (Å²) in [6.45, 7) is 0. The van der Waals surface area contributed by atoms with Crippen LogP contribution in [0.25, 0.3) is 0 Å². The second-order valence-electron chi connectivity index (χ2n) is 4.54. The van der Waals surface area contributed by atoms with E-state index in [1.54, 1.807) is 0 Å². The summed E-state index contributed by atoms with van der Waals surface area (Å²) >= 11 is 0. The van der Waals surface area contributed by atoms with Crippen molar-refractivity contribution in [1.29, 1.82) is 5.26 Å². The third-order valence-electron chi connectivity index (χ3n) is 3.95. The van der Waals surface area contributed by atoms with E-state index in [1.807, 2.05) is 0 Å². The lowest BCUT2D eigenvalue weighted by Crippen LogP contribution is -2.45. The Bertz CT molecular complexity index is 231. The topological polar surface area (TPSA) is 44.0 Å². The number of hydrogen-bond donors (Lipinski definition) is 1. The third kappa shape index (κ3) is 1.26. The van der Waals surface area contributed by atoms with E-state index in [-0.39, 0.29) is 11.5 Å². The Hall–Kier alpha value is -0.550. The van der Waals surface area contributed by atoms with Crippen LogP contribution in [0, 0.1) is 22.7 Å². The second-order valence-corrected chi connectivity index (χ2v) is 4.54. The van der Waals surface area contributed by atoms with Gasteiger partial charge in [0.15, 0.2) is 0 Å². The molecule has 2 aliphatic rings. The first-order chi connectivity index (χ1) is 6.29. The maximum atomic E-state index is 9.93. The molecule has 0 heterocycles. The highest BCUT2D eigenvalue weighted by molar-refractivity contribution is 5.10. The first-order valence-electron chi connectivity index (χ1n) is 5.39. The summed E-state index contributed by atoms with van der Waals surface area (Å²) < 4.78 is 0. The zero-order valence-corrected chi connectivity index (χ0v) is 8.00. The van der Waals surface area contributed by atoms with Crippen LogP contribution in [0.15, 0.2) is 0 Å². The molecule has 2 aliphatic carbocycles.